The van der Waals surface area contributed by atoms with E-state index in [0.29, 0.717) is 0 Å². The van der Waals surface area contributed by atoms with Gasteiger partial charge in [-0.3, -0.25) is 9.35 Å². The summed E-state index contributed by atoms with van der Waals surface area (Å²) in [4.78, 5) is 10.4. The third-order valence-electron chi connectivity index (χ3n) is 1.65. The second-order valence-electron chi connectivity index (χ2n) is 2.68. The Kier molecular flexibility index (Phi) is 2.86. The summed E-state index contributed by atoms with van der Waals surface area (Å²) in [6, 6.07) is -0.813. The van der Waals surface area contributed by atoms with E-state index < -0.39 is 28.5 Å². The monoisotopic (exact) mass is 211 g/mol. The van der Waals surface area contributed by atoms with E-state index >= 15 is 0 Å². The maximum atomic E-state index is 10.4. The van der Waals surface area contributed by atoms with Gasteiger partial charge in [-0.05, 0) is 0 Å². The average molecular weight is 211 g/mol. The van der Waals surface area contributed by atoms with Crippen molar-refractivity contribution in [3.8, 4) is 0 Å². The Morgan fingerprint density at radius 3 is 2.54 bits per heavy atom. The van der Waals surface area contributed by atoms with Crippen molar-refractivity contribution in [1.29, 1.82) is 0 Å². The molecule has 0 aromatic heterocycles. The predicted octanol–water partition coefficient (Wildman–Crippen LogP) is -1.38. The molecule has 1 aliphatic heterocycles. The van der Waals surface area contributed by atoms with Gasteiger partial charge in [0.05, 0.1) is 6.10 Å². The molecule has 0 aliphatic carbocycles. The minimum atomic E-state index is -4.49. The Balaban J connectivity index is 2.47. The lowest BCUT2D eigenvalue weighted by atomic mass is 10.2. The molecule has 0 radical (unpaired) electrons. The maximum Gasteiger partial charge on any atom is 0.397 e. The SMILES string of the molecule is O=C(O)[C@@H]1C[C@@H](OS(=O)(=O)O)CN1. The van der Waals surface area contributed by atoms with E-state index in [1.54, 1.807) is 0 Å². The van der Waals surface area contributed by atoms with Crippen LogP contribution in [-0.4, -0.2) is 42.7 Å². The van der Waals surface area contributed by atoms with Crippen molar-refractivity contribution in [3.63, 3.8) is 0 Å². The highest BCUT2D eigenvalue weighted by Crippen LogP contribution is 2.12. The smallest absolute Gasteiger partial charge is 0.397 e. The Labute approximate surface area is 74.6 Å². The summed E-state index contributed by atoms with van der Waals surface area (Å²) >= 11 is 0. The number of carbonyl (C=O) groups is 1. The maximum absolute atomic E-state index is 10.4. The number of rotatable bonds is 3. The summed E-state index contributed by atoms with van der Waals surface area (Å²) in [5.74, 6) is -1.07. The van der Waals surface area contributed by atoms with Gasteiger partial charge in [-0.25, -0.2) is 4.18 Å². The van der Waals surface area contributed by atoms with Gasteiger partial charge >= 0.3 is 16.4 Å². The number of nitrogens with one attached hydrogen (secondary N) is 1. The molecule has 1 rings (SSSR count). The van der Waals surface area contributed by atoms with E-state index in [0.717, 1.165) is 0 Å². The van der Waals surface area contributed by atoms with Crippen LogP contribution in [0.3, 0.4) is 0 Å². The fraction of sp³-hybridized carbons (Fsp3) is 0.800. The largest absolute Gasteiger partial charge is 0.480 e. The van der Waals surface area contributed by atoms with Crippen LogP contribution in [0.5, 0.6) is 0 Å². The zero-order valence-corrected chi connectivity index (χ0v) is 7.32. The highest BCUT2D eigenvalue weighted by molar-refractivity contribution is 7.80. The molecule has 0 saturated carbocycles. The zero-order chi connectivity index (χ0) is 10.1. The van der Waals surface area contributed by atoms with Gasteiger partial charge in [0.1, 0.15) is 6.04 Å². The summed E-state index contributed by atoms with van der Waals surface area (Å²) in [5.41, 5.74) is 0. The minimum Gasteiger partial charge on any atom is -0.480 e. The third kappa shape index (κ3) is 3.27. The molecule has 13 heavy (non-hydrogen) atoms. The number of hydrogen-bond donors (Lipinski definition) is 3. The molecule has 1 saturated heterocycles. The molecule has 2 atom stereocenters. The highest BCUT2D eigenvalue weighted by Gasteiger charge is 2.32. The summed E-state index contributed by atoms with van der Waals surface area (Å²) in [6.07, 6.45) is -0.786. The van der Waals surface area contributed by atoms with Crippen LogP contribution in [0.25, 0.3) is 0 Å². The second-order valence-corrected chi connectivity index (χ2v) is 3.73. The van der Waals surface area contributed by atoms with Crippen molar-refractivity contribution in [2.24, 2.45) is 0 Å². The molecule has 3 N–H and O–H groups in total. The van der Waals surface area contributed by atoms with E-state index in [1.807, 2.05) is 0 Å². The van der Waals surface area contributed by atoms with Crippen LogP contribution in [0.2, 0.25) is 0 Å². The predicted molar refractivity (Wildman–Crippen MR) is 40.5 cm³/mol. The van der Waals surface area contributed by atoms with Crippen LogP contribution in [0.4, 0.5) is 0 Å². The van der Waals surface area contributed by atoms with Gasteiger partial charge in [0, 0.05) is 13.0 Å². The van der Waals surface area contributed by atoms with Gasteiger partial charge in [0.2, 0.25) is 0 Å². The lowest BCUT2D eigenvalue weighted by molar-refractivity contribution is -0.139. The molecular weight excluding hydrogens is 202 g/mol. The summed E-state index contributed by atoms with van der Waals surface area (Å²) in [7, 11) is -4.49. The average Bonchev–Trinajstić information content (AvgIpc) is 2.31. The van der Waals surface area contributed by atoms with Crippen LogP contribution in [0, 0.1) is 0 Å². The van der Waals surface area contributed by atoms with Gasteiger partial charge in [0.15, 0.2) is 0 Å². The molecule has 0 unspecified atom stereocenters. The normalized spacial score (nSPS) is 29.0. The lowest BCUT2D eigenvalue weighted by Crippen LogP contribution is -2.30. The molecule has 7 nitrogen and oxygen atoms in total. The Morgan fingerprint density at radius 1 is 1.54 bits per heavy atom. The first-order valence-corrected chi connectivity index (χ1v) is 4.87. The van der Waals surface area contributed by atoms with Crippen LogP contribution < -0.4 is 5.32 Å². The van der Waals surface area contributed by atoms with Crippen LogP contribution >= 0.6 is 0 Å². The number of aliphatic carboxylic acids is 1. The van der Waals surface area contributed by atoms with E-state index in [9.17, 15) is 13.2 Å². The first-order chi connectivity index (χ1) is 5.88. The quantitative estimate of drug-likeness (QED) is 0.493. The van der Waals surface area contributed by atoms with Gasteiger partial charge in [-0.2, -0.15) is 8.42 Å². The Hall–Kier alpha value is -0.700. The highest BCUT2D eigenvalue weighted by atomic mass is 32.3. The van der Waals surface area contributed by atoms with Crippen LogP contribution in [-0.2, 0) is 19.4 Å². The molecular formula is C5H9NO6S. The fourth-order valence-electron chi connectivity index (χ4n) is 1.14. The van der Waals surface area contributed by atoms with Crippen molar-refractivity contribution >= 4 is 16.4 Å². The molecule has 76 valence electrons. The Morgan fingerprint density at radius 2 is 2.15 bits per heavy atom. The van der Waals surface area contributed by atoms with Gasteiger partial charge < -0.3 is 10.4 Å². The standard InChI is InChI=1S/C5H9NO6S/c7-5(8)4-1-3(2-6-4)12-13(9,10)11/h3-4,6H,1-2H2,(H,7,8)(H,9,10,11)/t3-,4+/m1/s1. The first kappa shape index (κ1) is 10.4. The number of carboxylic acid groups (broad SMARTS) is 1. The zero-order valence-electron chi connectivity index (χ0n) is 6.50. The molecule has 0 amide bonds. The van der Waals surface area contributed by atoms with Crippen molar-refractivity contribution in [1.82, 2.24) is 5.32 Å². The van der Waals surface area contributed by atoms with E-state index in [4.69, 9.17) is 9.66 Å². The first-order valence-electron chi connectivity index (χ1n) is 3.50. The van der Waals surface area contributed by atoms with Gasteiger partial charge in [0.25, 0.3) is 0 Å². The number of carboxylic acids is 1. The van der Waals surface area contributed by atoms with Crippen molar-refractivity contribution in [3.05, 3.63) is 0 Å². The molecule has 1 aliphatic rings. The van der Waals surface area contributed by atoms with E-state index in [-0.39, 0.29) is 13.0 Å². The Bertz CT molecular complexity index is 298. The van der Waals surface area contributed by atoms with Gasteiger partial charge in [-0.1, -0.05) is 0 Å². The molecule has 1 fully saturated rings. The van der Waals surface area contributed by atoms with Crippen molar-refractivity contribution in [2.75, 3.05) is 6.54 Å². The molecule has 0 bridgehead atoms. The van der Waals surface area contributed by atoms with Crippen LogP contribution in [0.15, 0.2) is 0 Å². The summed E-state index contributed by atoms with van der Waals surface area (Å²) < 4.78 is 32.9. The van der Waals surface area contributed by atoms with Crippen molar-refractivity contribution < 1.29 is 27.1 Å². The van der Waals surface area contributed by atoms with E-state index in [1.165, 1.54) is 0 Å². The third-order valence-corrected chi connectivity index (χ3v) is 2.16. The lowest BCUT2D eigenvalue weighted by Gasteiger charge is -2.05. The molecule has 8 heteroatoms. The summed E-state index contributed by atoms with van der Waals surface area (Å²) in [6.45, 7) is 0.0940. The summed E-state index contributed by atoms with van der Waals surface area (Å²) in [5, 5.41) is 11.0. The second kappa shape index (κ2) is 3.58. The van der Waals surface area contributed by atoms with Crippen molar-refractivity contribution in [2.45, 2.75) is 18.6 Å². The topological polar surface area (TPSA) is 113 Å². The molecule has 0 aromatic rings. The molecule has 0 aromatic carbocycles. The minimum absolute atomic E-state index is 0.0229. The molecule has 0 spiro atoms. The van der Waals surface area contributed by atoms with Crippen LogP contribution in [0.1, 0.15) is 6.42 Å². The van der Waals surface area contributed by atoms with E-state index in [2.05, 4.69) is 9.50 Å². The number of hydrogen-bond acceptors (Lipinski definition) is 5. The molecule has 1 heterocycles. The van der Waals surface area contributed by atoms with Gasteiger partial charge in [-0.15, -0.1) is 0 Å². The fourth-order valence-corrected chi connectivity index (χ4v) is 1.63.